The Balaban J connectivity index is 2.39. The van der Waals surface area contributed by atoms with Gasteiger partial charge in [-0.25, -0.2) is 8.42 Å². The summed E-state index contributed by atoms with van der Waals surface area (Å²) in [4.78, 5) is 27.7. The maximum atomic E-state index is 13.5. The molecular formula is C24H31BrClN3O5S. The number of methoxy groups -OCH3 is 1. The summed E-state index contributed by atoms with van der Waals surface area (Å²) in [6.45, 7) is 5.65. The number of ether oxygens (including phenoxy) is 1. The molecule has 0 aromatic heterocycles. The summed E-state index contributed by atoms with van der Waals surface area (Å²) in [5.74, 6) is -0.238. The van der Waals surface area contributed by atoms with Gasteiger partial charge in [-0.1, -0.05) is 53.5 Å². The van der Waals surface area contributed by atoms with E-state index in [9.17, 15) is 18.0 Å². The van der Waals surface area contributed by atoms with Gasteiger partial charge in [-0.3, -0.25) is 13.9 Å². The van der Waals surface area contributed by atoms with E-state index in [0.717, 1.165) is 20.6 Å². The molecule has 2 rings (SSSR count). The van der Waals surface area contributed by atoms with Gasteiger partial charge in [0.2, 0.25) is 21.8 Å². The summed E-state index contributed by atoms with van der Waals surface area (Å²) in [6, 6.07) is 11.0. The fraction of sp³-hybridized carbons (Fsp3) is 0.417. The van der Waals surface area contributed by atoms with Crippen LogP contribution in [0.4, 0.5) is 5.69 Å². The second-order valence-electron chi connectivity index (χ2n) is 8.56. The minimum Gasteiger partial charge on any atom is -0.495 e. The Morgan fingerprint density at radius 2 is 1.83 bits per heavy atom. The highest BCUT2D eigenvalue weighted by Gasteiger charge is 2.30. The van der Waals surface area contributed by atoms with Gasteiger partial charge >= 0.3 is 0 Å². The first-order valence-electron chi connectivity index (χ1n) is 11.0. The standard InChI is InChI=1S/C24H31BrClN3O5S/c1-16(2)13-27-24(31)17(3)28(14-18-7-6-8-19(25)11-18)23(30)15-29(35(5,32)33)20-9-10-22(34-4)21(26)12-20/h6-12,16-17H,13-15H2,1-5H3,(H,27,31)/t17-/m0/s1. The lowest BCUT2D eigenvalue weighted by atomic mass is 10.1. The van der Waals surface area contributed by atoms with E-state index in [0.29, 0.717) is 12.3 Å². The van der Waals surface area contributed by atoms with E-state index < -0.39 is 28.5 Å². The molecule has 2 amide bonds. The minimum atomic E-state index is -3.85. The number of anilines is 1. The smallest absolute Gasteiger partial charge is 0.244 e. The Bertz CT molecular complexity index is 1160. The molecule has 1 atom stereocenters. The van der Waals surface area contributed by atoms with E-state index in [4.69, 9.17) is 16.3 Å². The van der Waals surface area contributed by atoms with E-state index in [2.05, 4.69) is 21.2 Å². The molecule has 0 aliphatic carbocycles. The lowest BCUT2D eigenvalue weighted by Gasteiger charge is -2.31. The second-order valence-corrected chi connectivity index (χ2v) is 11.8. The van der Waals surface area contributed by atoms with Crippen LogP contribution < -0.4 is 14.4 Å². The van der Waals surface area contributed by atoms with Crippen molar-refractivity contribution in [1.82, 2.24) is 10.2 Å². The van der Waals surface area contributed by atoms with Gasteiger partial charge in [0.15, 0.2) is 0 Å². The molecule has 0 radical (unpaired) electrons. The zero-order valence-corrected chi connectivity index (χ0v) is 23.6. The third-order valence-electron chi connectivity index (χ3n) is 5.20. The molecular weight excluding hydrogens is 558 g/mol. The van der Waals surface area contributed by atoms with E-state index in [1.165, 1.54) is 30.2 Å². The molecule has 0 heterocycles. The van der Waals surface area contributed by atoms with Crippen molar-refractivity contribution in [1.29, 1.82) is 0 Å². The summed E-state index contributed by atoms with van der Waals surface area (Å²) in [6.07, 6.45) is 1.01. The number of carbonyl (C=O) groups excluding carboxylic acids is 2. The number of carbonyl (C=O) groups is 2. The summed E-state index contributed by atoms with van der Waals surface area (Å²) in [7, 11) is -2.40. The average Bonchev–Trinajstić information content (AvgIpc) is 2.78. The van der Waals surface area contributed by atoms with Gasteiger partial charge in [-0.15, -0.1) is 0 Å². The highest BCUT2D eigenvalue weighted by atomic mass is 79.9. The maximum absolute atomic E-state index is 13.5. The highest BCUT2D eigenvalue weighted by molar-refractivity contribution is 9.10. The molecule has 1 N–H and O–H groups in total. The fourth-order valence-corrected chi connectivity index (χ4v) is 4.83. The largest absolute Gasteiger partial charge is 0.495 e. The van der Waals surface area contributed by atoms with Crippen molar-refractivity contribution in [2.75, 3.05) is 30.8 Å². The number of nitrogens with zero attached hydrogens (tertiary/aromatic N) is 2. The SMILES string of the molecule is COc1ccc(N(CC(=O)N(Cc2cccc(Br)c2)[C@@H](C)C(=O)NCC(C)C)S(C)(=O)=O)cc1Cl. The Morgan fingerprint density at radius 3 is 2.37 bits per heavy atom. The number of hydrogen-bond donors (Lipinski definition) is 1. The van der Waals surface area contributed by atoms with Gasteiger partial charge in [0, 0.05) is 17.6 Å². The van der Waals surface area contributed by atoms with E-state index in [-0.39, 0.29) is 29.1 Å². The molecule has 0 saturated carbocycles. The van der Waals surface area contributed by atoms with Crippen LogP contribution in [0.3, 0.4) is 0 Å². The van der Waals surface area contributed by atoms with Crippen molar-refractivity contribution in [2.24, 2.45) is 5.92 Å². The number of nitrogens with one attached hydrogen (secondary N) is 1. The number of rotatable bonds is 11. The second kappa shape index (κ2) is 12.6. The molecule has 8 nitrogen and oxygen atoms in total. The third kappa shape index (κ3) is 8.40. The molecule has 0 aliphatic heterocycles. The molecule has 0 unspecified atom stereocenters. The van der Waals surface area contributed by atoms with Gasteiger partial charge < -0.3 is 15.0 Å². The van der Waals surface area contributed by atoms with Gasteiger partial charge in [-0.2, -0.15) is 0 Å². The number of benzene rings is 2. The van der Waals surface area contributed by atoms with Crippen LogP contribution in [-0.4, -0.2) is 57.6 Å². The molecule has 0 bridgehead atoms. The van der Waals surface area contributed by atoms with Gasteiger partial charge in [0.25, 0.3) is 0 Å². The minimum absolute atomic E-state index is 0.121. The van der Waals surface area contributed by atoms with Crippen molar-refractivity contribution in [2.45, 2.75) is 33.4 Å². The van der Waals surface area contributed by atoms with Crippen molar-refractivity contribution >= 4 is 55.1 Å². The summed E-state index contributed by atoms with van der Waals surface area (Å²) >= 11 is 9.62. The summed E-state index contributed by atoms with van der Waals surface area (Å²) in [5.41, 5.74) is 1.00. The van der Waals surface area contributed by atoms with E-state index in [1.807, 2.05) is 38.1 Å². The van der Waals surface area contributed by atoms with Crippen molar-refractivity contribution in [3.05, 3.63) is 57.5 Å². The van der Waals surface area contributed by atoms with Crippen LogP contribution in [0.5, 0.6) is 5.75 Å². The first kappa shape index (κ1) is 28.9. The van der Waals surface area contributed by atoms with Crippen LogP contribution in [0, 0.1) is 5.92 Å². The van der Waals surface area contributed by atoms with Gasteiger partial charge in [-0.05, 0) is 48.7 Å². The topological polar surface area (TPSA) is 96.0 Å². The Morgan fingerprint density at radius 1 is 1.14 bits per heavy atom. The zero-order valence-electron chi connectivity index (χ0n) is 20.4. The number of hydrogen-bond acceptors (Lipinski definition) is 5. The molecule has 35 heavy (non-hydrogen) atoms. The highest BCUT2D eigenvalue weighted by Crippen LogP contribution is 2.30. The van der Waals surface area contributed by atoms with E-state index >= 15 is 0 Å². The zero-order chi connectivity index (χ0) is 26.3. The van der Waals surface area contributed by atoms with Crippen LogP contribution in [0.25, 0.3) is 0 Å². The lowest BCUT2D eigenvalue weighted by Crippen LogP contribution is -2.51. The molecule has 0 saturated heterocycles. The van der Waals surface area contributed by atoms with Crippen molar-refractivity contribution in [3.8, 4) is 5.75 Å². The molecule has 2 aromatic carbocycles. The Hall–Kier alpha value is -2.30. The molecule has 192 valence electrons. The average molecular weight is 589 g/mol. The predicted octanol–water partition coefficient (Wildman–Crippen LogP) is 4.07. The number of sulfonamides is 1. The summed E-state index contributed by atoms with van der Waals surface area (Å²) in [5, 5.41) is 3.05. The third-order valence-corrected chi connectivity index (χ3v) is 7.13. The fourth-order valence-electron chi connectivity index (χ4n) is 3.29. The molecule has 2 aromatic rings. The molecule has 0 aliphatic rings. The predicted molar refractivity (Wildman–Crippen MR) is 142 cm³/mol. The van der Waals surface area contributed by atoms with Crippen LogP contribution >= 0.6 is 27.5 Å². The first-order valence-corrected chi connectivity index (χ1v) is 14.0. The van der Waals surface area contributed by atoms with Crippen LogP contribution in [0.1, 0.15) is 26.3 Å². The first-order chi connectivity index (χ1) is 16.3. The van der Waals surface area contributed by atoms with Crippen LogP contribution in [0.15, 0.2) is 46.9 Å². The lowest BCUT2D eigenvalue weighted by molar-refractivity contribution is -0.139. The van der Waals surface area contributed by atoms with Gasteiger partial charge in [0.1, 0.15) is 18.3 Å². The Labute approximate surface area is 220 Å². The molecule has 0 fully saturated rings. The normalized spacial score (nSPS) is 12.2. The molecule has 0 spiro atoms. The van der Waals surface area contributed by atoms with Gasteiger partial charge in [0.05, 0.1) is 24.1 Å². The molecule has 11 heteroatoms. The number of halogens is 2. The van der Waals surface area contributed by atoms with Crippen molar-refractivity contribution in [3.63, 3.8) is 0 Å². The van der Waals surface area contributed by atoms with Crippen LogP contribution in [-0.2, 0) is 26.2 Å². The number of amides is 2. The summed E-state index contributed by atoms with van der Waals surface area (Å²) < 4.78 is 32.2. The monoisotopic (exact) mass is 587 g/mol. The Kier molecular flexibility index (Phi) is 10.4. The quantitative estimate of drug-likeness (QED) is 0.427. The van der Waals surface area contributed by atoms with Crippen LogP contribution in [0.2, 0.25) is 5.02 Å². The maximum Gasteiger partial charge on any atom is 0.244 e. The van der Waals surface area contributed by atoms with E-state index in [1.54, 1.807) is 6.92 Å². The van der Waals surface area contributed by atoms with Crippen molar-refractivity contribution < 1.29 is 22.7 Å².